The van der Waals surface area contributed by atoms with Crippen molar-refractivity contribution in [3.8, 4) is 5.75 Å². The summed E-state index contributed by atoms with van der Waals surface area (Å²) in [5.41, 5.74) is 0.597. The molecule has 4 atom stereocenters. The Bertz CT molecular complexity index is 1290. The van der Waals surface area contributed by atoms with Crippen molar-refractivity contribution in [3.05, 3.63) is 29.8 Å². The van der Waals surface area contributed by atoms with Crippen LogP contribution in [0.4, 0.5) is 0 Å². The van der Waals surface area contributed by atoms with Gasteiger partial charge in [0.25, 0.3) is 0 Å². The van der Waals surface area contributed by atoms with Crippen molar-refractivity contribution in [1.29, 1.82) is 0 Å². The minimum Gasteiger partial charge on any atom is -0.508 e. The number of carboxylic acid groups (broad SMARTS) is 1. The second kappa shape index (κ2) is 19.7. The molecule has 5 amide bonds. The zero-order valence-electron chi connectivity index (χ0n) is 29.2. The number of phenols is 1. The Morgan fingerprint density at radius 3 is 2.06 bits per heavy atom. The molecular weight excluding hydrogens is 630 g/mol. The van der Waals surface area contributed by atoms with Crippen molar-refractivity contribution < 1.29 is 39.0 Å². The number of carbonyl (C=O) groups excluding carboxylic acids is 5. The lowest BCUT2D eigenvalue weighted by Gasteiger charge is -2.33. The number of hydrogen-bond donors (Lipinski definition) is 5. The number of rotatable bonds is 19. The fourth-order valence-electron chi connectivity index (χ4n) is 6.56. The van der Waals surface area contributed by atoms with E-state index in [1.807, 2.05) is 13.8 Å². The number of amides is 5. The number of phenolic OH excluding ortho intramolecular Hbond substituents is 1. The van der Waals surface area contributed by atoms with Crippen molar-refractivity contribution in [2.75, 3.05) is 19.6 Å². The molecule has 2 fully saturated rings. The lowest BCUT2D eigenvalue weighted by atomic mass is 10.0. The van der Waals surface area contributed by atoms with Gasteiger partial charge >= 0.3 is 5.97 Å². The number of benzene rings is 1. The average molecular weight is 686 g/mol. The SMILES string of the molecule is CCCCCCCCCC(=O)N[C@H](C(=O)N1CCC[C@H]1C(=O)N1CCC[C@H]1C(=O)NCC(=O)N[C@@H](Cc1ccc(O)cc1)C(=O)O)C(C)C. The maximum Gasteiger partial charge on any atom is 0.326 e. The maximum atomic E-state index is 13.8. The van der Waals surface area contributed by atoms with E-state index < -0.39 is 48.5 Å². The zero-order chi connectivity index (χ0) is 35.9. The molecule has 0 spiro atoms. The summed E-state index contributed by atoms with van der Waals surface area (Å²) in [7, 11) is 0. The van der Waals surface area contributed by atoms with Crippen LogP contribution in [0.5, 0.6) is 5.75 Å². The summed E-state index contributed by atoms with van der Waals surface area (Å²) >= 11 is 0. The third-order valence-corrected chi connectivity index (χ3v) is 9.35. The molecule has 13 heteroatoms. The van der Waals surface area contributed by atoms with Gasteiger partial charge in [0.05, 0.1) is 6.54 Å². The van der Waals surface area contributed by atoms with Crippen LogP contribution >= 0.6 is 0 Å². The summed E-state index contributed by atoms with van der Waals surface area (Å²) < 4.78 is 0. The fraction of sp³-hybridized carbons (Fsp3) is 0.667. The second-order valence-corrected chi connectivity index (χ2v) is 13.6. The van der Waals surface area contributed by atoms with Gasteiger partial charge in [-0.25, -0.2) is 4.79 Å². The topological polar surface area (TPSA) is 185 Å². The van der Waals surface area contributed by atoms with Crippen LogP contribution in [0.2, 0.25) is 0 Å². The van der Waals surface area contributed by atoms with Crippen LogP contribution in [-0.4, -0.2) is 99.3 Å². The third kappa shape index (κ3) is 12.0. The molecule has 5 N–H and O–H groups in total. The standard InChI is InChI=1S/C36H55N5O8/c1-4-5-6-7-8-9-10-15-30(43)39-32(24(2)3)35(47)41-21-12-14-29(41)34(46)40-20-11-13-28(40)33(45)37-23-31(44)38-27(36(48)49)22-25-16-18-26(42)19-17-25/h16-19,24,27-29,32,42H,4-15,20-23H2,1-3H3,(H,37,45)(H,38,44)(H,39,43)(H,48,49)/t27-,28-,29-,32-/m0/s1. The highest BCUT2D eigenvalue weighted by Crippen LogP contribution is 2.26. The van der Waals surface area contributed by atoms with Crippen molar-refractivity contribution in [2.45, 2.75) is 128 Å². The molecule has 0 unspecified atom stereocenters. The molecule has 1 aromatic rings. The van der Waals surface area contributed by atoms with E-state index in [0.717, 1.165) is 25.7 Å². The van der Waals surface area contributed by atoms with Gasteiger partial charge in [-0.1, -0.05) is 71.4 Å². The first kappa shape index (κ1) is 39.3. The van der Waals surface area contributed by atoms with E-state index >= 15 is 0 Å². The van der Waals surface area contributed by atoms with Crippen molar-refractivity contribution in [2.24, 2.45) is 5.92 Å². The largest absolute Gasteiger partial charge is 0.508 e. The number of unbranched alkanes of at least 4 members (excludes halogenated alkanes) is 6. The molecule has 2 heterocycles. The van der Waals surface area contributed by atoms with Crippen LogP contribution in [0.25, 0.3) is 0 Å². The van der Waals surface area contributed by atoms with Crippen molar-refractivity contribution in [3.63, 3.8) is 0 Å². The van der Waals surface area contributed by atoms with E-state index in [2.05, 4.69) is 22.9 Å². The Labute approximate surface area is 289 Å². The molecule has 49 heavy (non-hydrogen) atoms. The molecule has 2 saturated heterocycles. The summed E-state index contributed by atoms with van der Waals surface area (Å²) in [5.74, 6) is -3.41. The lowest BCUT2D eigenvalue weighted by Crippen LogP contribution is -2.57. The summed E-state index contributed by atoms with van der Waals surface area (Å²) in [4.78, 5) is 80.9. The minimum atomic E-state index is -1.25. The van der Waals surface area contributed by atoms with Gasteiger partial charge in [-0.2, -0.15) is 0 Å². The molecule has 13 nitrogen and oxygen atoms in total. The van der Waals surface area contributed by atoms with Gasteiger partial charge in [0.2, 0.25) is 29.5 Å². The van der Waals surface area contributed by atoms with Gasteiger partial charge in [-0.3, -0.25) is 24.0 Å². The highest BCUT2D eigenvalue weighted by Gasteiger charge is 2.44. The summed E-state index contributed by atoms with van der Waals surface area (Å²) in [6.07, 6.45) is 9.99. The van der Waals surface area contributed by atoms with E-state index in [9.17, 15) is 39.0 Å². The number of aliphatic carboxylic acids is 1. The first-order valence-corrected chi connectivity index (χ1v) is 17.9. The van der Waals surface area contributed by atoms with Crippen LogP contribution < -0.4 is 16.0 Å². The van der Waals surface area contributed by atoms with Gasteiger partial charge in [0.1, 0.15) is 29.9 Å². The highest BCUT2D eigenvalue weighted by molar-refractivity contribution is 5.96. The molecule has 0 radical (unpaired) electrons. The Hall–Kier alpha value is -4.16. The molecule has 0 bridgehead atoms. The van der Waals surface area contributed by atoms with E-state index in [4.69, 9.17) is 0 Å². The lowest BCUT2D eigenvalue weighted by molar-refractivity contribution is -0.148. The second-order valence-electron chi connectivity index (χ2n) is 13.6. The number of aromatic hydroxyl groups is 1. The van der Waals surface area contributed by atoms with E-state index in [0.29, 0.717) is 50.8 Å². The molecule has 0 saturated carbocycles. The molecule has 3 rings (SSSR count). The van der Waals surface area contributed by atoms with Crippen LogP contribution in [0.3, 0.4) is 0 Å². The number of hydrogen-bond acceptors (Lipinski definition) is 7. The van der Waals surface area contributed by atoms with E-state index in [-0.39, 0.29) is 35.8 Å². The predicted octanol–water partition coefficient (Wildman–Crippen LogP) is 2.88. The van der Waals surface area contributed by atoms with Gasteiger partial charge < -0.3 is 36.0 Å². The third-order valence-electron chi connectivity index (χ3n) is 9.35. The highest BCUT2D eigenvalue weighted by atomic mass is 16.4. The zero-order valence-corrected chi connectivity index (χ0v) is 29.2. The first-order valence-electron chi connectivity index (χ1n) is 17.9. The van der Waals surface area contributed by atoms with E-state index in [1.54, 1.807) is 17.0 Å². The Balaban J connectivity index is 1.53. The Kier molecular flexibility index (Phi) is 15.8. The summed E-state index contributed by atoms with van der Waals surface area (Å²) in [6, 6.07) is 2.38. The average Bonchev–Trinajstić information content (AvgIpc) is 3.76. The number of nitrogens with zero attached hydrogens (tertiary/aromatic N) is 2. The molecular formula is C36H55N5O8. The maximum absolute atomic E-state index is 13.8. The molecule has 1 aromatic carbocycles. The predicted molar refractivity (Wildman–Crippen MR) is 183 cm³/mol. The van der Waals surface area contributed by atoms with Crippen LogP contribution in [0.1, 0.15) is 103 Å². The summed E-state index contributed by atoms with van der Waals surface area (Å²) in [6.45, 7) is 6.15. The summed E-state index contributed by atoms with van der Waals surface area (Å²) in [5, 5.41) is 26.9. The van der Waals surface area contributed by atoms with Crippen LogP contribution in [-0.2, 0) is 35.2 Å². The molecule has 0 aliphatic carbocycles. The smallest absolute Gasteiger partial charge is 0.326 e. The van der Waals surface area contributed by atoms with Gasteiger partial charge in [-0.05, 0) is 55.7 Å². The molecule has 0 aromatic heterocycles. The van der Waals surface area contributed by atoms with Gasteiger partial charge in [0.15, 0.2) is 0 Å². The van der Waals surface area contributed by atoms with E-state index in [1.165, 1.54) is 36.3 Å². The Morgan fingerprint density at radius 2 is 1.43 bits per heavy atom. The quantitative estimate of drug-likeness (QED) is 0.138. The molecule has 2 aliphatic heterocycles. The number of likely N-dealkylation sites (tertiary alicyclic amines) is 2. The minimum absolute atomic E-state index is 0.0165. The fourth-order valence-corrected chi connectivity index (χ4v) is 6.56. The normalized spacial score (nSPS) is 18.6. The van der Waals surface area contributed by atoms with Gasteiger partial charge in [-0.15, -0.1) is 0 Å². The van der Waals surface area contributed by atoms with Gasteiger partial charge in [0, 0.05) is 25.9 Å². The molecule has 2 aliphatic rings. The molecule has 272 valence electrons. The van der Waals surface area contributed by atoms with Crippen molar-refractivity contribution >= 4 is 35.5 Å². The number of nitrogens with one attached hydrogen (secondary N) is 3. The van der Waals surface area contributed by atoms with Crippen LogP contribution in [0, 0.1) is 5.92 Å². The monoisotopic (exact) mass is 685 g/mol. The Morgan fingerprint density at radius 1 is 0.816 bits per heavy atom. The number of carbonyl (C=O) groups is 6. The van der Waals surface area contributed by atoms with Crippen molar-refractivity contribution in [1.82, 2.24) is 25.8 Å². The van der Waals surface area contributed by atoms with Crippen LogP contribution in [0.15, 0.2) is 24.3 Å². The number of carboxylic acids is 1. The first-order chi connectivity index (χ1) is 23.4.